The maximum atomic E-state index is 9.20. The Bertz CT molecular complexity index is 201. The van der Waals surface area contributed by atoms with E-state index < -0.39 is 6.10 Å². The van der Waals surface area contributed by atoms with Crippen LogP contribution in [0.15, 0.2) is 0 Å². The van der Waals surface area contributed by atoms with Gasteiger partial charge in [-0.2, -0.15) is 0 Å². The highest BCUT2D eigenvalue weighted by Crippen LogP contribution is 1.82. The van der Waals surface area contributed by atoms with E-state index in [0.717, 1.165) is 13.1 Å². The summed E-state index contributed by atoms with van der Waals surface area (Å²) in [4.78, 5) is 0. The van der Waals surface area contributed by atoms with E-state index >= 15 is 0 Å². The predicted octanol–water partition coefficient (Wildman–Crippen LogP) is -1.05. The molecule has 1 unspecified atom stereocenters. The van der Waals surface area contributed by atoms with E-state index in [9.17, 15) is 5.11 Å². The normalized spacial score (nSPS) is 11.9. The fourth-order valence-electron chi connectivity index (χ4n) is 1.00. The number of nitrogens with two attached hydrogens (primary N) is 1. The summed E-state index contributed by atoms with van der Waals surface area (Å²) < 4.78 is 10.4. The van der Waals surface area contributed by atoms with Crippen LogP contribution in [0.3, 0.4) is 0 Å². The minimum atomic E-state index is -0.683. The summed E-state index contributed by atoms with van der Waals surface area (Å²) in [7, 11) is 0. The highest BCUT2D eigenvalue weighted by Gasteiger charge is 1.97. The standard InChI is InChI=1S/C11H22N2O3/c1-2-3-11(14)10-16-9-6-13-5-8-15-7-4-12/h11,13-14H,4-10,12H2,1H3. The lowest BCUT2D eigenvalue weighted by atomic mass is 10.4. The first-order valence-corrected chi connectivity index (χ1v) is 5.48. The molecule has 5 nitrogen and oxygen atoms in total. The molecule has 0 amide bonds. The van der Waals surface area contributed by atoms with Gasteiger partial charge in [-0.25, -0.2) is 0 Å². The molecule has 0 aromatic rings. The first-order valence-electron chi connectivity index (χ1n) is 5.48. The molecule has 0 saturated heterocycles. The lowest BCUT2D eigenvalue weighted by Gasteiger charge is -2.07. The highest BCUT2D eigenvalue weighted by atomic mass is 16.5. The molecule has 1 atom stereocenters. The predicted molar refractivity (Wildman–Crippen MR) is 63.0 cm³/mol. The molecule has 0 aromatic carbocycles. The van der Waals surface area contributed by atoms with Crippen molar-refractivity contribution in [1.29, 1.82) is 0 Å². The van der Waals surface area contributed by atoms with Gasteiger partial charge in [0.25, 0.3) is 0 Å². The van der Waals surface area contributed by atoms with E-state index in [-0.39, 0.29) is 6.61 Å². The molecule has 0 aliphatic rings. The van der Waals surface area contributed by atoms with Gasteiger partial charge in [-0.3, -0.25) is 0 Å². The maximum Gasteiger partial charge on any atom is 0.137 e. The minimum absolute atomic E-state index is 0.256. The van der Waals surface area contributed by atoms with Gasteiger partial charge in [-0.15, -0.1) is 5.92 Å². The largest absolute Gasteiger partial charge is 0.379 e. The molecule has 0 radical (unpaired) electrons. The van der Waals surface area contributed by atoms with Crippen LogP contribution in [0.5, 0.6) is 0 Å². The molecule has 0 fully saturated rings. The number of aliphatic hydroxyl groups is 1. The first-order chi connectivity index (χ1) is 7.81. The fraction of sp³-hybridized carbons (Fsp3) is 0.818. The van der Waals surface area contributed by atoms with E-state index in [1.807, 2.05) is 0 Å². The molecule has 0 aliphatic carbocycles. The third kappa shape index (κ3) is 11.4. The van der Waals surface area contributed by atoms with Crippen molar-refractivity contribution in [3.63, 3.8) is 0 Å². The monoisotopic (exact) mass is 230 g/mol. The molecule has 94 valence electrons. The number of nitrogens with one attached hydrogen (secondary N) is 1. The SMILES string of the molecule is CC#CC(O)COCCNCCOCCN. The third-order valence-corrected chi connectivity index (χ3v) is 1.70. The molecule has 0 saturated carbocycles. The van der Waals surface area contributed by atoms with Gasteiger partial charge in [0.05, 0.1) is 26.4 Å². The Morgan fingerprint density at radius 3 is 2.56 bits per heavy atom. The van der Waals surface area contributed by atoms with Crippen molar-refractivity contribution in [1.82, 2.24) is 5.32 Å². The van der Waals surface area contributed by atoms with Crippen LogP contribution in [0.2, 0.25) is 0 Å². The van der Waals surface area contributed by atoms with Gasteiger partial charge < -0.3 is 25.6 Å². The Balaban J connectivity index is 3.06. The third-order valence-electron chi connectivity index (χ3n) is 1.70. The van der Waals surface area contributed by atoms with Gasteiger partial charge in [-0.1, -0.05) is 5.92 Å². The summed E-state index contributed by atoms with van der Waals surface area (Å²) in [6, 6.07) is 0. The zero-order chi connectivity index (χ0) is 12.1. The molecule has 4 N–H and O–H groups in total. The molecule has 0 aliphatic heterocycles. The number of ether oxygens (including phenoxy) is 2. The number of hydrogen-bond acceptors (Lipinski definition) is 5. The van der Waals surface area contributed by atoms with E-state index in [4.69, 9.17) is 15.2 Å². The van der Waals surface area contributed by atoms with E-state index in [1.54, 1.807) is 6.92 Å². The molecule has 0 aromatic heterocycles. The lowest BCUT2D eigenvalue weighted by molar-refractivity contribution is 0.0641. The first kappa shape index (κ1) is 15.4. The quantitative estimate of drug-likeness (QED) is 0.330. The van der Waals surface area contributed by atoms with Crippen molar-refractivity contribution >= 4 is 0 Å². The summed E-state index contributed by atoms with van der Waals surface area (Å²) in [6.45, 7) is 5.82. The van der Waals surface area contributed by atoms with Crippen molar-refractivity contribution in [3.8, 4) is 11.8 Å². The molecule has 16 heavy (non-hydrogen) atoms. The van der Waals surface area contributed by atoms with E-state index in [1.165, 1.54) is 0 Å². The van der Waals surface area contributed by atoms with Crippen molar-refractivity contribution in [2.24, 2.45) is 5.73 Å². The smallest absolute Gasteiger partial charge is 0.137 e. The van der Waals surface area contributed by atoms with Gasteiger partial charge in [0.2, 0.25) is 0 Å². The topological polar surface area (TPSA) is 76.7 Å². The van der Waals surface area contributed by atoms with Crippen LogP contribution >= 0.6 is 0 Å². The summed E-state index contributed by atoms with van der Waals surface area (Å²) in [5.41, 5.74) is 5.26. The average molecular weight is 230 g/mol. The lowest BCUT2D eigenvalue weighted by Crippen LogP contribution is -2.26. The van der Waals surface area contributed by atoms with Gasteiger partial charge in [0.1, 0.15) is 6.10 Å². The highest BCUT2D eigenvalue weighted by molar-refractivity contribution is 5.01. The van der Waals surface area contributed by atoms with Crippen LogP contribution in [0.1, 0.15) is 6.92 Å². The number of rotatable bonds is 10. The molecule has 0 heterocycles. The zero-order valence-corrected chi connectivity index (χ0v) is 9.87. The maximum absolute atomic E-state index is 9.20. The fourth-order valence-corrected chi connectivity index (χ4v) is 1.00. The van der Waals surface area contributed by atoms with Crippen LogP contribution in [0.4, 0.5) is 0 Å². The second-order valence-electron chi connectivity index (χ2n) is 3.14. The second-order valence-corrected chi connectivity index (χ2v) is 3.14. The summed E-state index contributed by atoms with van der Waals surface area (Å²) >= 11 is 0. The number of aliphatic hydroxyl groups excluding tert-OH is 1. The van der Waals surface area contributed by atoms with Crippen molar-refractivity contribution in [3.05, 3.63) is 0 Å². The Morgan fingerprint density at radius 2 is 1.94 bits per heavy atom. The summed E-state index contributed by atoms with van der Waals surface area (Å²) in [6.07, 6.45) is -0.683. The van der Waals surface area contributed by atoms with Crippen molar-refractivity contribution in [2.75, 3.05) is 46.1 Å². The van der Waals surface area contributed by atoms with Crippen molar-refractivity contribution in [2.45, 2.75) is 13.0 Å². The van der Waals surface area contributed by atoms with E-state index in [0.29, 0.717) is 26.4 Å². The van der Waals surface area contributed by atoms with Crippen LogP contribution in [-0.2, 0) is 9.47 Å². The summed E-state index contributed by atoms with van der Waals surface area (Å²) in [5.74, 6) is 5.22. The Kier molecular flexibility index (Phi) is 11.9. The van der Waals surface area contributed by atoms with Crippen LogP contribution in [-0.4, -0.2) is 57.3 Å². The van der Waals surface area contributed by atoms with Gasteiger partial charge >= 0.3 is 0 Å². The zero-order valence-electron chi connectivity index (χ0n) is 9.87. The Morgan fingerprint density at radius 1 is 1.25 bits per heavy atom. The number of hydrogen-bond donors (Lipinski definition) is 3. The Hall–Kier alpha value is -0.640. The van der Waals surface area contributed by atoms with Crippen LogP contribution in [0, 0.1) is 11.8 Å². The minimum Gasteiger partial charge on any atom is -0.379 e. The van der Waals surface area contributed by atoms with Gasteiger partial charge in [0, 0.05) is 19.6 Å². The molecule has 5 heteroatoms. The molecule has 0 bridgehead atoms. The molecule has 0 rings (SSSR count). The van der Waals surface area contributed by atoms with Crippen molar-refractivity contribution < 1.29 is 14.6 Å². The molecular formula is C11H22N2O3. The molecule has 0 spiro atoms. The molecular weight excluding hydrogens is 208 g/mol. The Labute approximate surface area is 97.3 Å². The van der Waals surface area contributed by atoms with Gasteiger partial charge in [-0.05, 0) is 6.92 Å². The second kappa shape index (κ2) is 12.4. The average Bonchev–Trinajstić information content (AvgIpc) is 2.27. The summed E-state index contributed by atoms with van der Waals surface area (Å²) in [5, 5.41) is 12.3. The van der Waals surface area contributed by atoms with Gasteiger partial charge in [0.15, 0.2) is 0 Å². The van der Waals surface area contributed by atoms with Crippen LogP contribution < -0.4 is 11.1 Å². The van der Waals surface area contributed by atoms with Crippen LogP contribution in [0.25, 0.3) is 0 Å². The van der Waals surface area contributed by atoms with E-state index in [2.05, 4.69) is 17.2 Å².